The Hall–Kier alpha value is -1.31. The molecule has 0 amide bonds. The minimum atomic E-state index is -0.173. The number of halogens is 1. The third kappa shape index (κ3) is 1.84. The summed E-state index contributed by atoms with van der Waals surface area (Å²) in [4.78, 5) is 0. The van der Waals surface area contributed by atoms with E-state index in [0.717, 1.165) is 30.0 Å². The molecule has 3 atom stereocenters. The van der Waals surface area contributed by atoms with Gasteiger partial charge in [-0.15, -0.1) is 0 Å². The second-order valence-corrected chi connectivity index (χ2v) is 4.93. The van der Waals surface area contributed by atoms with E-state index in [9.17, 15) is 4.39 Å². The highest BCUT2D eigenvalue weighted by Crippen LogP contribution is 2.43. The number of allylic oxidation sites excluding steroid dienone is 2. The summed E-state index contributed by atoms with van der Waals surface area (Å²) in [6.07, 6.45) is 7.38. The average Bonchev–Trinajstić information content (AvgIpc) is 2.90. The van der Waals surface area contributed by atoms with Crippen LogP contribution in [0, 0.1) is 23.6 Å². The molecule has 1 nitrogen and oxygen atoms in total. The first-order valence-electron chi connectivity index (χ1n) is 5.99. The smallest absolute Gasteiger partial charge is 0.123 e. The van der Waals surface area contributed by atoms with Gasteiger partial charge in [0.1, 0.15) is 5.82 Å². The van der Waals surface area contributed by atoms with E-state index in [2.05, 4.69) is 17.5 Å². The van der Waals surface area contributed by atoms with Crippen molar-refractivity contribution < 1.29 is 4.39 Å². The molecule has 0 spiro atoms. The Morgan fingerprint density at radius 1 is 1.12 bits per heavy atom. The van der Waals surface area contributed by atoms with E-state index < -0.39 is 0 Å². The maximum atomic E-state index is 12.7. The first-order valence-corrected chi connectivity index (χ1v) is 5.99. The molecule has 3 rings (SSSR count). The van der Waals surface area contributed by atoms with Gasteiger partial charge in [0.15, 0.2) is 0 Å². The van der Waals surface area contributed by atoms with Crippen LogP contribution in [0.1, 0.15) is 12.8 Å². The predicted molar refractivity (Wildman–Crippen MR) is 63.7 cm³/mol. The lowest BCUT2D eigenvalue weighted by molar-refractivity contribution is 0.472. The van der Waals surface area contributed by atoms with Crippen LogP contribution < -0.4 is 5.32 Å². The summed E-state index contributed by atoms with van der Waals surface area (Å²) in [7, 11) is 0. The van der Waals surface area contributed by atoms with E-state index in [-0.39, 0.29) is 5.82 Å². The molecule has 1 N–H and O–H groups in total. The van der Waals surface area contributed by atoms with E-state index in [1.807, 2.05) is 0 Å². The Kier molecular flexibility index (Phi) is 2.43. The van der Waals surface area contributed by atoms with Crippen molar-refractivity contribution in [3.8, 4) is 0 Å². The molecule has 0 radical (unpaired) electrons. The number of fused-ring (bicyclic) bond motifs is 2. The van der Waals surface area contributed by atoms with Crippen LogP contribution in [0.4, 0.5) is 10.1 Å². The molecule has 2 heteroatoms. The fraction of sp³-hybridized carbons (Fsp3) is 0.429. The quantitative estimate of drug-likeness (QED) is 0.765. The largest absolute Gasteiger partial charge is 0.385 e. The van der Waals surface area contributed by atoms with Gasteiger partial charge in [-0.3, -0.25) is 0 Å². The van der Waals surface area contributed by atoms with E-state index in [1.165, 1.54) is 25.0 Å². The van der Waals surface area contributed by atoms with Crippen LogP contribution in [0.3, 0.4) is 0 Å². The summed E-state index contributed by atoms with van der Waals surface area (Å²) in [6.45, 7) is 1.01. The van der Waals surface area contributed by atoms with E-state index in [0.29, 0.717) is 0 Å². The Labute approximate surface area is 95.4 Å². The van der Waals surface area contributed by atoms with Crippen molar-refractivity contribution >= 4 is 5.69 Å². The molecule has 1 aromatic rings. The maximum absolute atomic E-state index is 12.7. The Morgan fingerprint density at radius 2 is 1.94 bits per heavy atom. The Balaban J connectivity index is 1.57. The van der Waals surface area contributed by atoms with Gasteiger partial charge in [-0.25, -0.2) is 4.39 Å². The Bertz CT molecular complexity index is 396. The molecule has 2 aliphatic rings. The molecule has 0 aliphatic heterocycles. The average molecular weight is 217 g/mol. The van der Waals surface area contributed by atoms with Crippen molar-refractivity contribution in [2.45, 2.75) is 12.8 Å². The molecule has 2 aliphatic carbocycles. The van der Waals surface area contributed by atoms with Gasteiger partial charge in [0.05, 0.1) is 0 Å². The zero-order chi connectivity index (χ0) is 11.0. The molecule has 0 saturated heterocycles. The van der Waals surface area contributed by atoms with Crippen LogP contribution in [0.25, 0.3) is 0 Å². The molecule has 0 heterocycles. The highest BCUT2D eigenvalue weighted by Gasteiger charge is 2.35. The van der Waals surface area contributed by atoms with Gasteiger partial charge in [0.2, 0.25) is 0 Å². The number of hydrogen-bond donors (Lipinski definition) is 1. The Morgan fingerprint density at radius 3 is 2.56 bits per heavy atom. The van der Waals surface area contributed by atoms with Crippen molar-refractivity contribution in [1.29, 1.82) is 0 Å². The van der Waals surface area contributed by atoms with Gasteiger partial charge in [-0.1, -0.05) is 12.2 Å². The van der Waals surface area contributed by atoms with E-state index in [4.69, 9.17) is 0 Å². The summed E-state index contributed by atoms with van der Waals surface area (Å²) in [5.74, 6) is 2.19. The van der Waals surface area contributed by atoms with Gasteiger partial charge in [-0.05, 0) is 54.9 Å². The molecule has 84 valence electrons. The zero-order valence-corrected chi connectivity index (χ0v) is 9.20. The third-order valence-electron chi connectivity index (χ3n) is 3.83. The van der Waals surface area contributed by atoms with Gasteiger partial charge in [0, 0.05) is 12.2 Å². The molecule has 1 aromatic carbocycles. The van der Waals surface area contributed by atoms with Crippen molar-refractivity contribution in [3.05, 3.63) is 42.2 Å². The first kappa shape index (κ1) is 9.88. The minimum Gasteiger partial charge on any atom is -0.385 e. The number of nitrogens with one attached hydrogen (secondary N) is 1. The van der Waals surface area contributed by atoms with Gasteiger partial charge < -0.3 is 5.32 Å². The molecule has 2 bridgehead atoms. The summed E-state index contributed by atoms with van der Waals surface area (Å²) in [5, 5.41) is 3.40. The first-order chi connectivity index (χ1) is 7.81. The van der Waals surface area contributed by atoms with E-state index in [1.54, 1.807) is 12.1 Å². The fourth-order valence-corrected chi connectivity index (χ4v) is 2.95. The minimum absolute atomic E-state index is 0.173. The molecule has 1 saturated carbocycles. The molecule has 16 heavy (non-hydrogen) atoms. The van der Waals surface area contributed by atoms with Crippen molar-refractivity contribution in [1.82, 2.24) is 0 Å². The van der Waals surface area contributed by atoms with Crippen LogP contribution in [0.5, 0.6) is 0 Å². The molecular weight excluding hydrogens is 201 g/mol. The van der Waals surface area contributed by atoms with Gasteiger partial charge in [0.25, 0.3) is 0 Å². The van der Waals surface area contributed by atoms with Gasteiger partial charge in [-0.2, -0.15) is 0 Å². The second-order valence-electron chi connectivity index (χ2n) is 4.93. The number of benzene rings is 1. The van der Waals surface area contributed by atoms with Crippen molar-refractivity contribution in [3.63, 3.8) is 0 Å². The number of rotatable bonds is 3. The van der Waals surface area contributed by atoms with Crippen LogP contribution in [0.15, 0.2) is 36.4 Å². The summed E-state index contributed by atoms with van der Waals surface area (Å²) in [6, 6.07) is 6.61. The molecular formula is C14H16FN. The van der Waals surface area contributed by atoms with Gasteiger partial charge >= 0.3 is 0 Å². The van der Waals surface area contributed by atoms with Crippen LogP contribution in [0.2, 0.25) is 0 Å². The highest BCUT2D eigenvalue weighted by molar-refractivity contribution is 5.42. The summed E-state index contributed by atoms with van der Waals surface area (Å²) >= 11 is 0. The normalized spacial score (nSPS) is 30.9. The monoisotopic (exact) mass is 217 g/mol. The number of anilines is 1. The second kappa shape index (κ2) is 3.93. The molecule has 1 fully saturated rings. The predicted octanol–water partition coefficient (Wildman–Crippen LogP) is 3.45. The van der Waals surface area contributed by atoms with Crippen LogP contribution >= 0.6 is 0 Å². The van der Waals surface area contributed by atoms with Crippen LogP contribution in [-0.4, -0.2) is 6.54 Å². The number of hydrogen-bond acceptors (Lipinski definition) is 1. The highest BCUT2D eigenvalue weighted by atomic mass is 19.1. The summed E-state index contributed by atoms with van der Waals surface area (Å²) in [5.41, 5.74) is 1.02. The van der Waals surface area contributed by atoms with Crippen molar-refractivity contribution in [2.75, 3.05) is 11.9 Å². The fourth-order valence-electron chi connectivity index (χ4n) is 2.95. The SMILES string of the molecule is Fc1ccc(NCC2CC3C=CC2C3)cc1. The lowest BCUT2D eigenvalue weighted by atomic mass is 9.93. The van der Waals surface area contributed by atoms with E-state index >= 15 is 0 Å². The lowest BCUT2D eigenvalue weighted by Gasteiger charge is -2.19. The molecule has 0 aromatic heterocycles. The van der Waals surface area contributed by atoms with Crippen LogP contribution in [-0.2, 0) is 0 Å². The summed E-state index contributed by atoms with van der Waals surface area (Å²) < 4.78 is 12.7. The third-order valence-corrected chi connectivity index (χ3v) is 3.83. The molecule has 3 unspecified atom stereocenters. The van der Waals surface area contributed by atoms with Crippen molar-refractivity contribution in [2.24, 2.45) is 17.8 Å². The maximum Gasteiger partial charge on any atom is 0.123 e. The standard InChI is InChI=1S/C14H16FN/c15-13-3-5-14(6-4-13)16-9-12-8-10-1-2-11(12)7-10/h1-6,10-12,16H,7-9H2. The lowest BCUT2D eigenvalue weighted by Crippen LogP contribution is -2.18. The zero-order valence-electron chi connectivity index (χ0n) is 9.20. The topological polar surface area (TPSA) is 12.0 Å².